The maximum absolute atomic E-state index is 13.1. The number of nitrogens with zero attached hydrogens (tertiary/aromatic N) is 2. The highest BCUT2D eigenvalue weighted by Gasteiger charge is 2.26. The Hall–Kier alpha value is -2.62. The lowest BCUT2D eigenvalue weighted by atomic mass is 10.2. The van der Waals surface area contributed by atoms with Gasteiger partial charge in [-0.3, -0.25) is 10.1 Å². The van der Waals surface area contributed by atoms with Crippen molar-refractivity contribution in [1.82, 2.24) is 9.29 Å². The number of amides is 1. The zero-order valence-corrected chi connectivity index (χ0v) is 17.7. The number of carbonyl (C=O) groups excluding carboxylic acids is 1. The summed E-state index contributed by atoms with van der Waals surface area (Å²) in [6.45, 7) is 1.07. The van der Waals surface area contributed by atoms with Gasteiger partial charge in [-0.1, -0.05) is 6.42 Å². The third-order valence-electron chi connectivity index (χ3n) is 4.93. The number of aromatic nitrogens is 1. The van der Waals surface area contributed by atoms with Gasteiger partial charge in [-0.2, -0.15) is 4.31 Å². The van der Waals surface area contributed by atoms with Gasteiger partial charge in [0.25, 0.3) is 5.91 Å². The molecule has 0 bridgehead atoms. The predicted octanol–water partition coefficient (Wildman–Crippen LogP) is 4.38. The average Bonchev–Trinajstić information content (AvgIpc) is 3.23. The monoisotopic (exact) mass is 445 g/mol. The van der Waals surface area contributed by atoms with Gasteiger partial charge in [-0.15, -0.1) is 11.3 Å². The normalized spacial score (nSPS) is 15.1. The lowest BCUT2D eigenvalue weighted by Gasteiger charge is -2.25. The van der Waals surface area contributed by atoms with E-state index < -0.39 is 10.0 Å². The standard InChI is InChI=1S/C21H20FN3O3S2/c22-17-8-4-15(5-9-17)19-14-29-21(23-19)24-20(26)16-6-10-18(11-7-16)30(27,28)25-12-2-1-3-13-25/h4-11,14H,1-3,12-13H2,(H,23,24,26). The molecule has 1 N–H and O–H groups in total. The Bertz CT molecular complexity index is 1140. The van der Waals surface area contributed by atoms with E-state index >= 15 is 0 Å². The van der Waals surface area contributed by atoms with Gasteiger partial charge in [0.15, 0.2) is 5.13 Å². The first kappa shape index (κ1) is 20.6. The first-order chi connectivity index (χ1) is 14.4. The highest BCUT2D eigenvalue weighted by molar-refractivity contribution is 7.89. The lowest BCUT2D eigenvalue weighted by Crippen LogP contribution is -2.35. The number of nitrogens with one attached hydrogen (secondary N) is 1. The Morgan fingerprint density at radius 2 is 1.67 bits per heavy atom. The Morgan fingerprint density at radius 3 is 2.33 bits per heavy atom. The van der Waals surface area contributed by atoms with Crippen molar-refractivity contribution < 1.29 is 17.6 Å². The van der Waals surface area contributed by atoms with Crippen LogP contribution in [0.1, 0.15) is 29.6 Å². The van der Waals surface area contributed by atoms with Crippen molar-refractivity contribution in [2.75, 3.05) is 18.4 Å². The third kappa shape index (κ3) is 4.43. The minimum absolute atomic E-state index is 0.189. The SMILES string of the molecule is O=C(Nc1nc(-c2ccc(F)cc2)cs1)c1ccc(S(=O)(=O)N2CCCCC2)cc1. The molecule has 1 saturated heterocycles. The van der Waals surface area contributed by atoms with Crippen LogP contribution >= 0.6 is 11.3 Å². The summed E-state index contributed by atoms with van der Waals surface area (Å²) in [6.07, 6.45) is 2.78. The molecular weight excluding hydrogens is 425 g/mol. The number of sulfonamides is 1. The summed E-state index contributed by atoms with van der Waals surface area (Å²) in [5.41, 5.74) is 1.73. The van der Waals surface area contributed by atoms with Crippen molar-refractivity contribution in [2.45, 2.75) is 24.2 Å². The number of carbonyl (C=O) groups is 1. The molecule has 30 heavy (non-hydrogen) atoms. The fourth-order valence-electron chi connectivity index (χ4n) is 3.29. The van der Waals surface area contributed by atoms with Gasteiger partial charge < -0.3 is 0 Å². The van der Waals surface area contributed by atoms with E-state index in [1.807, 2.05) is 0 Å². The van der Waals surface area contributed by atoms with Crippen LogP contribution in [0.3, 0.4) is 0 Å². The highest BCUT2D eigenvalue weighted by atomic mass is 32.2. The van der Waals surface area contributed by atoms with Crippen molar-refractivity contribution in [3.8, 4) is 11.3 Å². The highest BCUT2D eigenvalue weighted by Crippen LogP contribution is 2.26. The van der Waals surface area contributed by atoms with Crippen LogP contribution < -0.4 is 5.32 Å². The molecule has 1 amide bonds. The summed E-state index contributed by atoms with van der Waals surface area (Å²) in [5, 5.41) is 4.90. The van der Waals surface area contributed by atoms with Crippen LogP contribution in [0.5, 0.6) is 0 Å². The fraction of sp³-hybridized carbons (Fsp3) is 0.238. The van der Waals surface area contributed by atoms with E-state index in [1.54, 1.807) is 17.5 Å². The Labute approximate surface area is 178 Å². The lowest BCUT2D eigenvalue weighted by molar-refractivity contribution is 0.102. The molecule has 6 nitrogen and oxygen atoms in total. The number of hydrogen-bond donors (Lipinski definition) is 1. The first-order valence-electron chi connectivity index (χ1n) is 9.56. The maximum Gasteiger partial charge on any atom is 0.257 e. The predicted molar refractivity (Wildman–Crippen MR) is 115 cm³/mol. The molecule has 1 aliphatic heterocycles. The molecule has 1 aromatic heterocycles. The van der Waals surface area contributed by atoms with Crippen LogP contribution in [-0.4, -0.2) is 36.7 Å². The van der Waals surface area contributed by atoms with Crippen molar-refractivity contribution in [2.24, 2.45) is 0 Å². The van der Waals surface area contributed by atoms with Gasteiger partial charge in [-0.05, 0) is 61.4 Å². The van der Waals surface area contributed by atoms with E-state index in [4.69, 9.17) is 0 Å². The number of thiazole rings is 1. The molecule has 4 rings (SSSR count). The molecule has 1 aliphatic rings. The van der Waals surface area contributed by atoms with Gasteiger partial charge in [0.1, 0.15) is 5.82 Å². The summed E-state index contributed by atoms with van der Waals surface area (Å²) in [7, 11) is -3.53. The van der Waals surface area contributed by atoms with E-state index in [-0.39, 0.29) is 16.6 Å². The van der Waals surface area contributed by atoms with E-state index in [9.17, 15) is 17.6 Å². The van der Waals surface area contributed by atoms with Crippen LogP contribution in [0.15, 0.2) is 58.8 Å². The Balaban J connectivity index is 1.45. The molecule has 156 valence electrons. The van der Waals surface area contributed by atoms with Crippen LogP contribution in [0, 0.1) is 5.82 Å². The molecule has 0 saturated carbocycles. The molecule has 0 aliphatic carbocycles. The molecule has 2 aromatic carbocycles. The number of benzene rings is 2. The molecule has 3 aromatic rings. The van der Waals surface area contributed by atoms with Crippen molar-refractivity contribution in [3.63, 3.8) is 0 Å². The van der Waals surface area contributed by atoms with Crippen molar-refractivity contribution >= 4 is 32.4 Å². The van der Waals surface area contributed by atoms with Gasteiger partial charge in [-0.25, -0.2) is 17.8 Å². The first-order valence-corrected chi connectivity index (χ1v) is 11.9. The van der Waals surface area contributed by atoms with E-state index in [2.05, 4.69) is 10.3 Å². The largest absolute Gasteiger partial charge is 0.298 e. The van der Waals surface area contributed by atoms with Gasteiger partial charge in [0.05, 0.1) is 10.6 Å². The van der Waals surface area contributed by atoms with E-state index in [0.29, 0.717) is 29.5 Å². The zero-order chi connectivity index (χ0) is 21.1. The summed E-state index contributed by atoms with van der Waals surface area (Å²) < 4.78 is 40.0. The van der Waals surface area contributed by atoms with E-state index in [1.165, 1.54) is 52.0 Å². The second-order valence-electron chi connectivity index (χ2n) is 6.99. The second kappa shape index (κ2) is 8.63. The molecular formula is C21H20FN3O3S2. The summed E-state index contributed by atoms with van der Waals surface area (Å²) in [4.78, 5) is 17.1. The van der Waals surface area contributed by atoms with Gasteiger partial charge in [0, 0.05) is 29.6 Å². The third-order valence-corrected chi connectivity index (χ3v) is 7.60. The van der Waals surface area contributed by atoms with Gasteiger partial charge in [0.2, 0.25) is 10.0 Å². The molecule has 1 fully saturated rings. The van der Waals surface area contributed by atoms with Crippen LogP contribution in [0.25, 0.3) is 11.3 Å². The number of halogens is 1. The second-order valence-corrected chi connectivity index (χ2v) is 9.78. The van der Waals surface area contributed by atoms with Gasteiger partial charge >= 0.3 is 0 Å². The van der Waals surface area contributed by atoms with Crippen molar-refractivity contribution in [1.29, 1.82) is 0 Å². The number of piperidine rings is 1. The Kier molecular flexibility index (Phi) is 5.94. The van der Waals surface area contributed by atoms with E-state index in [0.717, 1.165) is 24.8 Å². The smallest absolute Gasteiger partial charge is 0.257 e. The molecule has 0 unspecified atom stereocenters. The fourth-order valence-corrected chi connectivity index (χ4v) is 5.52. The van der Waals surface area contributed by atoms with Crippen LogP contribution in [0.2, 0.25) is 0 Å². The van der Waals surface area contributed by atoms with Crippen molar-refractivity contribution in [3.05, 3.63) is 65.3 Å². The topological polar surface area (TPSA) is 79.4 Å². The maximum atomic E-state index is 13.1. The molecule has 0 spiro atoms. The number of hydrogen-bond acceptors (Lipinski definition) is 5. The number of rotatable bonds is 5. The quantitative estimate of drug-likeness (QED) is 0.632. The molecule has 0 atom stereocenters. The number of anilines is 1. The van der Waals surface area contributed by atoms with Crippen LogP contribution in [0.4, 0.5) is 9.52 Å². The van der Waals surface area contributed by atoms with Crippen LogP contribution in [-0.2, 0) is 10.0 Å². The average molecular weight is 446 g/mol. The minimum Gasteiger partial charge on any atom is -0.298 e. The summed E-state index contributed by atoms with van der Waals surface area (Å²) in [5.74, 6) is -0.704. The summed E-state index contributed by atoms with van der Waals surface area (Å²) in [6, 6.07) is 11.9. The Morgan fingerprint density at radius 1 is 1.00 bits per heavy atom. The zero-order valence-electron chi connectivity index (χ0n) is 16.0. The minimum atomic E-state index is -3.53. The molecule has 0 radical (unpaired) electrons. The molecule has 2 heterocycles. The molecule has 9 heteroatoms. The summed E-state index contributed by atoms with van der Waals surface area (Å²) >= 11 is 1.26.